The molecule has 1 atom stereocenters. The molecule has 1 N–H and O–H groups in total. The molecule has 7 heteroatoms. The van der Waals surface area contributed by atoms with Crippen molar-refractivity contribution >= 4 is 22.0 Å². The third-order valence-electron chi connectivity index (χ3n) is 4.07. The maximum Gasteiger partial charge on any atom is 0.156 e. The van der Waals surface area contributed by atoms with Crippen molar-refractivity contribution in [2.24, 2.45) is 0 Å². The van der Waals surface area contributed by atoms with Crippen LogP contribution in [0.25, 0.3) is 33.5 Å². The molecule has 2 aromatic carbocycles. The van der Waals surface area contributed by atoms with Crippen molar-refractivity contribution < 1.29 is 13.0 Å². The van der Waals surface area contributed by atoms with Crippen molar-refractivity contribution in [3.8, 4) is 22.4 Å². The third-order valence-corrected chi connectivity index (χ3v) is 5.03. The first-order valence-corrected chi connectivity index (χ1v) is 9.32. The molecule has 4 nitrogen and oxygen atoms in total. The fraction of sp³-hybridized carbons (Fsp3) is 0.0526. The summed E-state index contributed by atoms with van der Waals surface area (Å²) in [6.45, 7) is 0. The molecule has 0 aliphatic heterocycles. The SMILES string of the molecule is CS(=O)c1cc(F)ccc1-c1ccc(-c2cnc3[nH]ccc3n2)c(F)c1. The van der Waals surface area contributed by atoms with Gasteiger partial charge in [0.15, 0.2) is 5.65 Å². The molecule has 0 saturated heterocycles. The smallest absolute Gasteiger partial charge is 0.156 e. The average molecular weight is 369 g/mol. The van der Waals surface area contributed by atoms with E-state index >= 15 is 0 Å². The van der Waals surface area contributed by atoms with Crippen LogP contribution in [0.4, 0.5) is 8.78 Å². The van der Waals surface area contributed by atoms with Crippen molar-refractivity contribution in [3.63, 3.8) is 0 Å². The lowest BCUT2D eigenvalue weighted by Gasteiger charge is -2.10. The van der Waals surface area contributed by atoms with Crippen molar-refractivity contribution in [1.29, 1.82) is 0 Å². The number of aromatic nitrogens is 3. The predicted octanol–water partition coefficient (Wildman–Crippen LogP) is 4.31. The summed E-state index contributed by atoms with van der Waals surface area (Å²) in [5.74, 6) is -0.963. The maximum atomic E-state index is 14.7. The molecule has 0 amide bonds. The molecule has 0 fully saturated rings. The minimum absolute atomic E-state index is 0.311. The van der Waals surface area contributed by atoms with Gasteiger partial charge in [-0.05, 0) is 41.5 Å². The van der Waals surface area contributed by atoms with Crippen LogP contribution in [-0.2, 0) is 10.8 Å². The van der Waals surface area contributed by atoms with Gasteiger partial charge < -0.3 is 4.98 Å². The van der Waals surface area contributed by atoms with E-state index in [0.717, 1.165) is 0 Å². The summed E-state index contributed by atoms with van der Waals surface area (Å²) in [7, 11) is -1.40. The fourth-order valence-electron chi connectivity index (χ4n) is 2.82. The van der Waals surface area contributed by atoms with Crippen LogP contribution in [0.2, 0.25) is 0 Å². The van der Waals surface area contributed by atoms with E-state index in [0.29, 0.717) is 38.4 Å². The number of hydrogen-bond donors (Lipinski definition) is 1. The lowest BCUT2D eigenvalue weighted by molar-refractivity contribution is 0.623. The van der Waals surface area contributed by atoms with Gasteiger partial charge in [0.05, 0.1) is 22.7 Å². The number of H-pyrrole nitrogens is 1. The van der Waals surface area contributed by atoms with Crippen LogP contribution in [-0.4, -0.2) is 25.4 Å². The van der Waals surface area contributed by atoms with Gasteiger partial charge in [-0.1, -0.05) is 12.1 Å². The zero-order chi connectivity index (χ0) is 18.3. The van der Waals surface area contributed by atoms with E-state index in [1.165, 1.54) is 36.7 Å². The summed E-state index contributed by atoms with van der Waals surface area (Å²) < 4.78 is 40.1. The molecule has 2 heterocycles. The standard InChI is InChI=1S/C19H13F2N3OS/c1-26(25)18-9-12(20)3-5-13(18)11-2-4-14(15(21)8-11)17-10-23-19-16(24-17)6-7-22-19/h2-10H,1H3,(H,22,23). The van der Waals surface area contributed by atoms with Crippen LogP contribution in [0.5, 0.6) is 0 Å². The Morgan fingerprint density at radius 2 is 1.85 bits per heavy atom. The fourth-order valence-corrected chi connectivity index (χ4v) is 3.60. The molecular weight excluding hydrogens is 356 g/mol. The van der Waals surface area contributed by atoms with Gasteiger partial charge in [-0.25, -0.2) is 18.7 Å². The zero-order valence-corrected chi connectivity index (χ0v) is 14.5. The van der Waals surface area contributed by atoms with Gasteiger partial charge in [0.1, 0.15) is 17.2 Å². The van der Waals surface area contributed by atoms with Crippen molar-refractivity contribution in [3.05, 3.63) is 66.5 Å². The average Bonchev–Trinajstić information content (AvgIpc) is 3.09. The van der Waals surface area contributed by atoms with E-state index in [1.54, 1.807) is 24.4 Å². The monoisotopic (exact) mass is 369 g/mol. The van der Waals surface area contributed by atoms with Crippen LogP contribution in [0.1, 0.15) is 0 Å². The molecule has 1 unspecified atom stereocenters. The number of hydrogen-bond acceptors (Lipinski definition) is 3. The summed E-state index contributed by atoms with van der Waals surface area (Å²) in [5.41, 5.74) is 3.06. The summed E-state index contributed by atoms with van der Waals surface area (Å²) >= 11 is 0. The van der Waals surface area contributed by atoms with Crippen LogP contribution in [0, 0.1) is 11.6 Å². The normalized spacial score (nSPS) is 12.4. The first-order valence-electron chi connectivity index (χ1n) is 7.76. The van der Waals surface area contributed by atoms with Gasteiger partial charge in [-0.2, -0.15) is 0 Å². The first kappa shape index (κ1) is 16.5. The minimum Gasteiger partial charge on any atom is -0.345 e. The Labute approximate surface area is 150 Å². The zero-order valence-electron chi connectivity index (χ0n) is 13.7. The minimum atomic E-state index is -1.40. The molecule has 26 heavy (non-hydrogen) atoms. The van der Waals surface area contributed by atoms with E-state index in [2.05, 4.69) is 15.0 Å². The predicted molar refractivity (Wildman–Crippen MR) is 97.0 cm³/mol. The van der Waals surface area contributed by atoms with E-state index in [-0.39, 0.29) is 0 Å². The van der Waals surface area contributed by atoms with E-state index in [9.17, 15) is 13.0 Å². The topological polar surface area (TPSA) is 58.6 Å². The first-order chi connectivity index (χ1) is 12.5. The third kappa shape index (κ3) is 2.90. The Balaban J connectivity index is 1.80. The summed E-state index contributed by atoms with van der Waals surface area (Å²) in [6.07, 6.45) is 4.68. The van der Waals surface area contributed by atoms with Crippen LogP contribution in [0.15, 0.2) is 59.8 Å². The molecule has 2 aromatic heterocycles. The molecule has 130 valence electrons. The lowest BCUT2D eigenvalue weighted by Crippen LogP contribution is -1.95. The van der Waals surface area contributed by atoms with E-state index in [4.69, 9.17) is 0 Å². The van der Waals surface area contributed by atoms with Gasteiger partial charge in [-0.3, -0.25) is 4.21 Å². The van der Waals surface area contributed by atoms with Gasteiger partial charge in [-0.15, -0.1) is 0 Å². The molecule has 0 bridgehead atoms. The van der Waals surface area contributed by atoms with Gasteiger partial charge in [0.2, 0.25) is 0 Å². The summed E-state index contributed by atoms with van der Waals surface area (Å²) in [6, 6.07) is 10.4. The molecule has 4 rings (SSSR count). The maximum absolute atomic E-state index is 14.7. The second-order valence-electron chi connectivity index (χ2n) is 5.76. The van der Waals surface area contributed by atoms with Crippen LogP contribution < -0.4 is 0 Å². The Morgan fingerprint density at radius 3 is 2.62 bits per heavy atom. The molecule has 0 spiro atoms. The molecule has 0 saturated carbocycles. The lowest BCUT2D eigenvalue weighted by atomic mass is 10.0. The molecule has 0 radical (unpaired) electrons. The Bertz CT molecular complexity index is 1160. The highest BCUT2D eigenvalue weighted by molar-refractivity contribution is 7.84. The molecule has 0 aliphatic carbocycles. The number of halogens is 2. The highest BCUT2D eigenvalue weighted by Crippen LogP contribution is 2.31. The molecule has 0 aliphatic rings. The molecular formula is C19H13F2N3OS. The van der Waals surface area contributed by atoms with Gasteiger partial charge in [0.25, 0.3) is 0 Å². The number of rotatable bonds is 3. The highest BCUT2D eigenvalue weighted by Gasteiger charge is 2.14. The van der Waals surface area contributed by atoms with Crippen LogP contribution in [0.3, 0.4) is 0 Å². The number of nitrogens with zero attached hydrogens (tertiary/aromatic N) is 2. The van der Waals surface area contributed by atoms with E-state index in [1.807, 2.05) is 0 Å². The number of nitrogens with one attached hydrogen (secondary N) is 1. The number of aromatic amines is 1. The van der Waals surface area contributed by atoms with Gasteiger partial charge >= 0.3 is 0 Å². The van der Waals surface area contributed by atoms with E-state index < -0.39 is 22.4 Å². The largest absolute Gasteiger partial charge is 0.345 e. The second kappa shape index (κ2) is 6.42. The molecule has 4 aromatic rings. The number of benzene rings is 2. The summed E-state index contributed by atoms with van der Waals surface area (Å²) in [4.78, 5) is 11.9. The highest BCUT2D eigenvalue weighted by atomic mass is 32.2. The van der Waals surface area contributed by atoms with Crippen LogP contribution >= 0.6 is 0 Å². The van der Waals surface area contributed by atoms with Crippen molar-refractivity contribution in [2.45, 2.75) is 4.90 Å². The Morgan fingerprint density at radius 1 is 1.04 bits per heavy atom. The summed E-state index contributed by atoms with van der Waals surface area (Å²) in [5, 5.41) is 0. The van der Waals surface area contributed by atoms with Crippen molar-refractivity contribution in [2.75, 3.05) is 6.26 Å². The second-order valence-corrected chi connectivity index (χ2v) is 7.10. The van der Waals surface area contributed by atoms with Gasteiger partial charge in [0, 0.05) is 22.9 Å². The Hall–Kier alpha value is -2.93. The number of fused-ring (bicyclic) bond motifs is 1. The van der Waals surface area contributed by atoms with Crippen molar-refractivity contribution in [1.82, 2.24) is 15.0 Å². The Kier molecular flexibility index (Phi) is 4.08. The quantitative estimate of drug-likeness (QED) is 0.585.